The van der Waals surface area contributed by atoms with Crippen LogP contribution in [0.1, 0.15) is 41.8 Å². The summed E-state index contributed by atoms with van der Waals surface area (Å²) in [7, 11) is 2.14. The van der Waals surface area contributed by atoms with Gasteiger partial charge in [0.15, 0.2) is 0 Å². The number of carbonyl (C=O) groups excluding carboxylic acids is 1. The first kappa shape index (κ1) is 31.6. The molecule has 0 N–H and O–H groups in total. The SMILES string of the molecule is Cc1cccc2cccc(N3CCc4c(nc(OC[C@@H]5CCCN5C)nc4N4CCN(C(=O)/C=C/c5ccccn5)[C@@H](CC#N)C4)C3)c12. The van der Waals surface area contributed by atoms with Gasteiger partial charge in [0, 0.05) is 61.1 Å². The van der Waals surface area contributed by atoms with Crippen molar-refractivity contribution in [2.45, 2.75) is 51.2 Å². The molecule has 2 fully saturated rings. The van der Waals surface area contributed by atoms with E-state index in [0.717, 1.165) is 48.7 Å². The highest BCUT2D eigenvalue weighted by Crippen LogP contribution is 2.36. The van der Waals surface area contributed by atoms with Gasteiger partial charge in [0.2, 0.25) is 5.91 Å². The van der Waals surface area contributed by atoms with Crippen LogP contribution in [0.15, 0.2) is 66.9 Å². The van der Waals surface area contributed by atoms with Crippen LogP contribution in [0, 0.1) is 18.3 Å². The second kappa shape index (κ2) is 14.0. The number of likely N-dealkylation sites (tertiary alicyclic amines) is 1. The molecule has 0 spiro atoms. The van der Waals surface area contributed by atoms with E-state index in [1.54, 1.807) is 18.3 Å². The molecule has 2 saturated heterocycles. The Morgan fingerprint density at radius 3 is 2.69 bits per heavy atom. The first-order valence-corrected chi connectivity index (χ1v) is 17.0. The van der Waals surface area contributed by atoms with Crippen LogP contribution in [0.3, 0.4) is 0 Å². The number of pyridine rings is 1. The van der Waals surface area contributed by atoms with Crippen molar-refractivity contribution in [3.63, 3.8) is 0 Å². The largest absolute Gasteiger partial charge is 0.462 e. The molecular formula is C38H42N8O2. The Kier molecular flexibility index (Phi) is 9.21. The van der Waals surface area contributed by atoms with Gasteiger partial charge in [-0.05, 0) is 75.0 Å². The third-order valence-corrected chi connectivity index (χ3v) is 10.0. The molecule has 0 unspecified atom stereocenters. The normalized spacial score (nSPS) is 19.9. The highest BCUT2D eigenvalue weighted by Gasteiger charge is 2.34. The van der Waals surface area contributed by atoms with Crippen LogP contribution in [-0.2, 0) is 17.8 Å². The first-order valence-electron chi connectivity index (χ1n) is 17.0. The highest BCUT2D eigenvalue weighted by atomic mass is 16.5. The summed E-state index contributed by atoms with van der Waals surface area (Å²) in [5.74, 6) is 0.749. The minimum atomic E-state index is -0.273. The highest BCUT2D eigenvalue weighted by molar-refractivity contribution is 5.97. The fraction of sp³-hybridized carbons (Fsp3) is 0.395. The number of carbonyl (C=O) groups is 1. The van der Waals surface area contributed by atoms with Gasteiger partial charge in [-0.2, -0.15) is 15.2 Å². The fourth-order valence-corrected chi connectivity index (χ4v) is 7.39. The van der Waals surface area contributed by atoms with E-state index in [1.165, 1.54) is 28.4 Å². The molecule has 3 aliphatic rings. The van der Waals surface area contributed by atoms with Crippen molar-refractivity contribution in [2.75, 3.05) is 56.2 Å². The molecule has 5 heterocycles. The first-order chi connectivity index (χ1) is 23.5. The van der Waals surface area contributed by atoms with Crippen LogP contribution in [0.25, 0.3) is 16.8 Å². The van der Waals surface area contributed by atoms with E-state index in [1.807, 2.05) is 23.1 Å². The number of amides is 1. The van der Waals surface area contributed by atoms with Crippen LogP contribution >= 0.6 is 0 Å². The van der Waals surface area contributed by atoms with Gasteiger partial charge in [-0.1, -0.05) is 36.4 Å². The second-order valence-corrected chi connectivity index (χ2v) is 13.0. The van der Waals surface area contributed by atoms with Crippen molar-refractivity contribution in [3.05, 3.63) is 89.4 Å². The Labute approximate surface area is 282 Å². The Morgan fingerprint density at radius 2 is 1.90 bits per heavy atom. The van der Waals surface area contributed by atoms with Crippen LogP contribution in [0.5, 0.6) is 6.01 Å². The van der Waals surface area contributed by atoms with Gasteiger partial charge in [0.1, 0.15) is 12.4 Å². The quantitative estimate of drug-likeness (QED) is 0.246. The Morgan fingerprint density at radius 1 is 1.02 bits per heavy atom. The maximum absolute atomic E-state index is 13.3. The zero-order valence-corrected chi connectivity index (χ0v) is 27.8. The monoisotopic (exact) mass is 642 g/mol. The van der Waals surface area contributed by atoms with Gasteiger partial charge in [0.05, 0.1) is 36.5 Å². The summed E-state index contributed by atoms with van der Waals surface area (Å²) in [6.07, 6.45) is 8.28. The number of aromatic nitrogens is 3. The Balaban J connectivity index is 1.18. The zero-order valence-electron chi connectivity index (χ0n) is 27.8. The number of piperazine rings is 1. The molecule has 3 aliphatic heterocycles. The molecule has 10 heteroatoms. The molecule has 7 rings (SSSR count). The summed E-state index contributed by atoms with van der Waals surface area (Å²) >= 11 is 0. The zero-order chi connectivity index (χ0) is 33.0. The maximum atomic E-state index is 13.3. The lowest BCUT2D eigenvalue weighted by Gasteiger charge is -2.42. The molecule has 0 saturated carbocycles. The van der Waals surface area contributed by atoms with Crippen LogP contribution in [0.4, 0.5) is 11.5 Å². The van der Waals surface area contributed by atoms with Gasteiger partial charge in [-0.25, -0.2) is 0 Å². The number of rotatable bonds is 8. The minimum Gasteiger partial charge on any atom is -0.462 e. The molecule has 2 aromatic carbocycles. The van der Waals surface area contributed by atoms with E-state index in [0.29, 0.717) is 44.8 Å². The third kappa shape index (κ3) is 6.56. The van der Waals surface area contributed by atoms with Gasteiger partial charge in [-0.3, -0.25) is 9.78 Å². The topological polar surface area (TPSA) is 102 Å². The number of hydrogen-bond acceptors (Lipinski definition) is 9. The summed E-state index contributed by atoms with van der Waals surface area (Å²) in [6.45, 7) is 6.88. The van der Waals surface area contributed by atoms with E-state index in [2.05, 4.69) is 76.1 Å². The molecule has 10 nitrogen and oxygen atoms in total. The van der Waals surface area contributed by atoms with Gasteiger partial charge < -0.3 is 24.3 Å². The summed E-state index contributed by atoms with van der Waals surface area (Å²) < 4.78 is 6.35. The fourth-order valence-electron chi connectivity index (χ4n) is 7.39. The molecule has 0 bridgehead atoms. The van der Waals surface area contributed by atoms with E-state index in [-0.39, 0.29) is 18.4 Å². The predicted molar refractivity (Wildman–Crippen MR) is 188 cm³/mol. The van der Waals surface area contributed by atoms with E-state index < -0.39 is 0 Å². The van der Waals surface area contributed by atoms with Crippen LogP contribution in [-0.4, -0.2) is 89.1 Å². The molecule has 2 aromatic heterocycles. The Bertz CT molecular complexity index is 1850. The van der Waals surface area contributed by atoms with E-state index in [9.17, 15) is 10.1 Å². The molecular weight excluding hydrogens is 600 g/mol. The van der Waals surface area contributed by atoms with E-state index in [4.69, 9.17) is 14.7 Å². The van der Waals surface area contributed by atoms with Gasteiger partial charge in [0.25, 0.3) is 0 Å². The summed E-state index contributed by atoms with van der Waals surface area (Å²) in [6, 6.07) is 21.4. The summed E-state index contributed by atoms with van der Waals surface area (Å²) in [5.41, 5.74) is 5.29. The average molecular weight is 643 g/mol. The average Bonchev–Trinajstić information content (AvgIpc) is 3.53. The van der Waals surface area contributed by atoms with Crippen molar-refractivity contribution in [3.8, 4) is 12.1 Å². The van der Waals surface area contributed by atoms with Crippen LogP contribution < -0.4 is 14.5 Å². The number of nitrogens with zero attached hydrogens (tertiary/aromatic N) is 8. The lowest BCUT2D eigenvalue weighted by Crippen LogP contribution is -2.55. The van der Waals surface area contributed by atoms with Crippen LogP contribution in [0.2, 0.25) is 0 Å². The lowest BCUT2D eigenvalue weighted by molar-refractivity contribution is -0.128. The number of ether oxygens (including phenoxy) is 1. The van der Waals surface area contributed by atoms with Crippen molar-refractivity contribution < 1.29 is 9.53 Å². The number of anilines is 2. The lowest BCUT2D eigenvalue weighted by atomic mass is 9.99. The Hall–Kier alpha value is -5.01. The molecule has 0 radical (unpaired) electrons. The molecule has 2 atom stereocenters. The molecule has 0 aliphatic carbocycles. The number of likely N-dealkylation sites (N-methyl/N-ethyl adjacent to an activating group) is 1. The second-order valence-electron chi connectivity index (χ2n) is 13.0. The number of benzene rings is 2. The minimum absolute atomic E-state index is 0.115. The summed E-state index contributed by atoms with van der Waals surface area (Å²) in [4.78, 5) is 36.5. The number of fused-ring (bicyclic) bond motifs is 2. The van der Waals surface area contributed by atoms with Crippen molar-refractivity contribution in [1.29, 1.82) is 5.26 Å². The summed E-state index contributed by atoms with van der Waals surface area (Å²) in [5, 5.41) is 12.3. The number of aryl methyl sites for hydroxylation is 1. The van der Waals surface area contributed by atoms with E-state index >= 15 is 0 Å². The molecule has 48 heavy (non-hydrogen) atoms. The molecule has 246 valence electrons. The third-order valence-electron chi connectivity index (χ3n) is 10.0. The van der Waals surface area contributed by atoms with Crippen molar-refractivity contribution in [2.24, 2.45) is 0 Å². The van der Waals surface area contributed by atoms with Crippen molar-refractivity contribution >= 4 is 34.3 Å². The van der Waals surface area contributed by atoms with Crippen molar-refractivity contribution in [1.82, 2.24) is 24.8 Å². The number of nitriles is 1. The standard InChI is InChI=1S/C38H42N8O2/c1-27-8-5-9-28-10-6-13-34(36(27)28)44-21-17-32-33(25-44)41-38(48-26-31-12-7-20-43(31)2)42-37(32)45-22-23-46(30(24-45)16-18-39)35(47)15-14-29-11-3-4-19-40-29/h3-6,8-11,13-15,19,30-31H,7,12,16-17,20-26H2,1-2H3/b15-14+/t30-,31-/m0/s1. The molecule has 1 amide bonds. The maximum Gasteiger partial charge on any atom is 0.318 e. The predicted octanol–water partition coefficient (Wildman–Crippen LogP) is 5.01. The molecule has 4 aromatic rings. The number of hydrogen-bond donors (Lipinski definition) is 0. The van der Waals surface area contributed by atoms with Gasteiger partial charge in [-0.15, -0.1) is 0 Å². The smallest absolute Gasteiger partial charge is 0.318 e. The van der Waals surface area contributed by atoms with Gasteiger partial charge >= 0.3 is 6.01 Å².